The van der Waals surface area contributed by atoms with Crippen LogP contribution in [0.15, 0.2) is 0 Å². The number of hydrogen-bond donors (Lipinski definition) is 1. The van der Waals surface area contributed by atoms with Gasteiger partial charge in [0.15, 0.2) is 0 Å². The highest BCUT2D eigenvalue weighted by Crippen LogP contribution is 2.23. The van der Waals surface area contributed by atoms with Gasteiger partial charge in [0.05, 0.1) is 0 Å². The SMILES string of the molecule is CCCCCC(O)C(F)(F)C(C)=O. The zero-order valence-electron chi connectivity index (χ0n) is 8.02. The number of aliphatic hydroxyl groups excluding tert-OH is 1. The molecule has 0 aromatic rings. The quantitative estimate of drug-likeness (QED) is 0.658. The number of rotatable bonds is 6. The third kappa shape index (κ3) is 3.81. The van der Waals surface area contributed by atoms with Crippen molar-refractivity contribution in [2.75, 3.05) is 0 Å². The van der Waals surface area contributed by atoms with E-state index in [0.717, 1.165) is 19.8 Å². The van der Waals surface area contributed by atoms with Crippen molar-refractivity contribution < 1.29 is 18.7 Å². The number of alkyl halides is 2. The lowest BCUT2D eigenvalue weighted by Crippen LogP contribution is -2.39. The summed E-state index contributed by atoms with van der Waals surface area (Å²) < 4.78 is 25.5. The molecule has 0 aromatic carbocycles. The molecule has 0 heterocycles. The van der Waals surface area contributed by atoms with E-state index in [1.165, 1.54) is 0 Å². The summed E-state index contributed by atoms with van der Waals surface area (Å²) >= 11 is 0. The van der Waals surface area contributed by atoms with Crippen LogP contribution in [-0.4, -0.2) is 22.9 Å². The Labute approximate surface area is 76.9 Å². The van der Waals surface area contributed by atoms with Crippen LogP contribution in [0, 0.1) is 0 Å². The normalized spacial score (nSPS) is 14.2. The van der Waals surface area contributed by atoms with Gasteiger partial charge in [-0.15, -0.1) is 0 Å². The molecule has 4 heteroatoms. The van der Waals surface area contributed by atoms with Crippen LogP contribution in [0.25, 0.3) is 0 Å². The zero-order valence-corrected chi connectivity index (χ0v) is 8.02. The fraction of sp³-hybridized carbons (Fsp3) is 0.889. The van der Waals surface area contributed by atoms with Gasteiger partial charge in [-0.2, -0.15) is 8.78 Å². The summed E-state index contributed by atoms with van der Waals surface area (Å²) in [6, 6.07) is 0. The Hall–Kier alpha value is -0.510. The van der Waals surface area contributed by atoms with Gasteiger partial charge in [-0.1, -0.05) is 26.2 Å². The van der Waals surface area contributed by atoms with Crippen LogP contribution >= 0.6 is 0 Å². The molecule has 0 rings (SSSR count). The molecule has 0 aliphatic rings. The zero-order chi connectivity index (χ0) is 10.5. The first-order chi connectivity index (χ1) is 5.92. The van der Waals surface area contributed by atoms with Crippen molar-refractivity contribution in [1.29, 1.82) is 0 Å². The molecule has 1 unspecified atom stereocenters. The second-order valence-corrected chi connectivity index (χ2v) is 3.19. The number of carbonyl (C=O) groups excluding carboxylic acids is 1. The summed E-state index contributed by atoms with van der Waals surface area (Å²) in [5.41, 5.74) is 0. The summed E-state index contributed by atoms with van der Waals surface area (Å²) in [4.78, 5) is 10.4. The molecule has 0 amide bonds. The summed E-state index contributed by atoms with van der Waals surface area (Å²) in [5, 5.41) is 9.00. The van der Waals surface area contributed by atoms with Crippen LogP contribution in [0.2, 0.25) is 0 Å². The Morgan fingerprint density at radius 3 is 2.38 bits per heavy atom. The Balaban J connectivity index is 3.94. The number of Topliss-reactive ketones (excluding diaryl/α,β-unsaturated/α-hetero) is 1. The van der Waals surface area contributed by atoms with Crippen molar-refractivity contribution in [1.82, 2.24) is 0 Å². The van der Waals surface area contributed by atoms with Gasteiger partial charge in [0.25, 0.3) is 0 Å². The van der Waals surface area contributed by atoms with Crippen molar-refractivity contribution in [2.24, 2.45) is 0 Å². The monoisotopic (exact) mass is 194 g/mol. The molecule has 0 saturated heterocycles. The molecule has 0 fully saturated rings. The maximum absolute atomic E-state index is 12.8. The third-order valence-electron chi connectivity index (χ3n) is 1.97. The Morgan fingerprint density at radius 2 is 2.00 bits per heavy atom. The van der Waals surface area contributed by atoms with Crippen LogP contribution in [0.3, 0.4) is 0 Å². The number of hydrogen-bond acceptors (Lipinski definition) is 2. The van der Waals surface area contributed by atoms with E-state index >= 15 is 0 Å². The van der Waals surface area contributed by atoms with E-state index in [1.807, 2.05) is 6.92 Å². The third-order valence-corrected chi connectivity index (χ3v) is 1.97. The number of unbranched alkanes of at least 4 members (excludes halogenated alkanes) is 2. The Bertz CT molecular complexity index is 169. The van der Waals surface area contributed by atoms with Crippen molar-refractivity contribution >= 4 is 5.78 Å². The molecule has 2 nitrogen and oxygen atoms in total. The van der Waals surface area contributed by atoms with Gasteiger partial charge in [0.1, 0.15) is 6.10 Å². The van der Waals surface area contributed by atoms with Crippen molar-refractivity contribution in [3.8, 4) is 0 Å². The number of halogens is 2. The lowest BCUT2D eigenvalue weighted by atomic mass is 10.0. The highest BCUT2D eigenvalue weighted by Gasteiger charge is 2.42. The second-order valence-electron chi connectivity index (χ2n) is 3.19. The van der Waals surface area contributed by atoms with Crippen LogP contribution < -0.4 is 0 Å². The molecule has 1 atom stereocenters. The largest absolute Gasteiger partial charge is 0.386 e. The maximum atomic E-state index is 12.8. The molecule has 0 aromatic heterocycles. The van der Waals surface area contributed by atoms with E-state index in [2.05, 4.69) is 0 Å². The minimum absolute atomic E-state index is 0.0135. The van der Waals surface area contributed by atoms with E-state index in [4.69, 9.17) is 5.11 Å². The van der Waals surface area contributed by atoms with Crippen molar-refractivity contribution in [3.63, 3.8) is 0 Å². The molecule has 0 aliphatic carbocycles. The lowest BCUT2D eigenvalue weighted by Gasteiger charge is -2.19. The minimum Gasteiger partial charge on any atom is -0.386 e. The summed E-state index contributed by atoms with van der Waals surface area (Å²) in [7, 11) is 0. The smallest absolute Gasteiger partial charge is 0.330 e. The van der Waals surface area contributed by atoms with Gasteiger partial charge in [-0.05, 0) is 6.42 Å². The average Bonchev–Trinajstić information content (AvgIpc) is 2.04. The standard InChI is InChI=1S/C9H16F2O2/c1-3-4-5-6-8(13)9(10,11)7(2)12/h8,13H,3-6H2,1-2H3. The predicted molar refractivity (Wildman–Crippen MR) is 45.8 cm³/mol. The van der Waals surface area contributed by atoms with Gasteiger partial charge in [0, 0.05) is 6.92 Å². The first-order valence-corrected chi connectivity index (χ1v) is 4.49. The number of carbonyl (C=O) groups is 1. The van der Waals surface area contributed by atoms with Crippen molar-refractivity contribution in [3.05, 3.63) is 0 Å². The topological polar surface area (TPSA) is 37.3 Å². The average molecular weight is 194 g/mol. The fourth-order valence-corrected chi connectivity index (χ4v) is 1.00. The van der Waals surface area contributed by atoms with Crippen LogP contribution in [0.4, 0.5) is 8.78 Å². The Morgan fingerprint density at radius 1 is 1.46 bits per heavy atom. The molecule has 1 N–H and O–H groups in total. The van der Waals surface area contributed by atoms with Gasteiger partial charge in [0.2, 0.25) is 5.78 Å². The van der Waals surface area contributed by atoms with Gasteiger partial charge in [-0.25, -0.2) is 0 Å². The highest BCUT2D eigenvalue weighted by atomic mass is 19.3. The lowest BCUT2D eigenvalue weighted by molar-refractivity contribution is -0.159. The molecule has 0 spiro atoms. The van der Waals surface area contributed by atoms with Crippen molar-refractivity contribution in [2.45, 2.75) is 51.6 Å². The summed E-state index contributed by atoms with van der Waals surface area (Å²) in [6.45, 7) is 2.73. The summed E-state index contributed by atoms with van der Waals surface area (Å²) in [6.07, 6.45) is 0.390. The number of aliphatic hydroxyl groups is 1. The predicted octanol–water partition coefficient (Wildman–Crippen LogP) is 2.15. The molecule has 13 heavy (non-hydrogen) atoms. The Kier molecular flexibility index (Phi) is 5.06. The second kappa shape index (κ2) is 5.27. The fourth-order valence-electron chi connectivity index (χ4n) is 1.00. The first kappa shape index (κ1) is 12.5. The first-order valence-electron chi connectivity index (χ1n) is 4.49. The van der Waals surface area contributed by atoms with Crippen LogP contribution in [0.1, 0.15) is 39.5 Å². The molecule has 78 valence electrons. The maximum Gasteiger partial charge on any atom is 0.330 e. The minimum atomic E-state index is -3.58. The molecular formula is C9H16F2O2. The molecular weight excluding hydrogens is 178 g/mol. The van der Waals surface area contributed by atoms with E-state index in [1.54, 1.807) is 0 Å². The number of ketones is 1. The molecule has 0 bridgehead atoms. The van der Waals surface area contributed by atoms with Gasteiger partial charge < -0.3 is 5.11 Å². The molecule has 0 saturated carbocycles. The van der Waals surface area contributed by atoms with Crippen LogP contribution in [-0.2, 0) is 4.79 Å². The van der Waals surface area contributed by atoms with Gasteiger partial charge >= 0.3 is 5.92 Å². The highest BCUT2D eigenvalue weighted by molar-refractivity contribution is 5.83. The van der Waals surface area contributed by atoms with E-state index in [9.17, 15) is 13.6 Å². The van der Waals surface area contributed by atoms with Gasteiger partial charge in [-0.3, -0.25) is 4.79 Å². The molecule has 0 aliphatic heterocycles. The van der Waals surface area contributed by atoms with Crippen LogP contribution in [0.5, 0.6) is 0 Å². The van der Waals surface area contributed by atoms with E-state index in [0.29, 0.717) is 6.42 Å². The van der Waals surface area contributed by atoms with E-state index in [-0.39, 0.29) is 6.42 Å². The van der Waals surface area contributed by atoms with E-state index < -0.39 is 17.8 Å². The summed E-state index contributed by atoms with van der Waals surface area (Å²) in [5.74, 6) is -4.84. The molecule has 0 radical (unpaired) electrons.